The first-order valence-electron chi connectivity index (χ1n) is 12.3. The lowest BCUT2D eigenvalue weighted by Crippen LogP contribution is -2.24. The molecule has 1 unspecified atom stereocenters. The Balaban J connectivity index is 1.35. The minimum Gasteiger partial charge on any atom is -0.481 e. The van der Waals surface area contributed by atoms with Gasteiger partial charge in [-0.25, -0.2) is 4.98 Å². The van der Waals surface area contributed by atoms with Crippen LogP contribution in [-0.2, 0) is 11.0 Å². The van der Waals surface area contributed by atoms with Gasteiger partial charge >= 0.3 is 12.1 Å². The van der Waals surface area contributed by atoms with Gasteiger partial charge in [0.1, 0.15) is 11.2 Å². The maximum atomic E-state index is 13.2. The Morgan fingerprint density at radius 1 is 1.02 bits per heavy atom. The number of hydrogen-bond donors (Lipinski definition) is 2. The fourth-order valence-corrected chi connectivity index (χ4v) is 5.27. The molecule has 1 amide bonds. The van der Waals surface area contributed by atoms with Crippen LogP contribution in [0.25, 0.3) is 27.8 Å². The van der Waals surface area contributed by atoms with E-state index in [1.165, 1.54) is 18.5 Å². The van der Waals surface area contributed by atoms with Crippen LogP contribution in [0, 0.1) is 5.92 Å². The first-order valence-corrected chi connectivity index (χ1v) is 13.1. The zero-order valence-electron chi connectivity index (χ0n) is 20.8. The van der Waals surface area contributed by atoms with Crippen LogP contribution in [0.15, 0.2) is 77.9 Å². The first kappa shape index (κ1) is 26.3. The van der Waals surface area contributed by atoms with Crippen LogP contribution in [0.5, 0.6) is 0 Å². The summed E-state index contributed by atoms with van der Waals surface area (Å²) in [6, 6.07) is 18.0. The molecule has 0 spiro atoms. The summed E-state index contributed by atoms with van der Waals surface area (Å²) in [5, 5.41) is 16.4. The number of carboxylic acid groups (broad SMARTS) is 1. The van der Waals surface area contributed by atoms with E-state index in [0.717, 1.165) is 16.7 Å². The minimum absolute atomic E-state index is 0.0104. The average molecular weight is 578 g/mol. The molecule has 1 fully saturated rings. The highest BCUT2D eigenvalue weighted by Gasteiger charge is 2.44. The van der Waals surface area contributed by atoms with Gasteiger partial charge in [0.05, 0.1) is 11.3 Å². The number of fused-ring (bicyclic) bond motifs is 1. The molecule has 206 valence electrons. The van der Waals surface area contributed by atoms with Gasteiger partial charge in [0.2, 0.25) is 15.6 Å². The number of nitrogens with zero attached hydrogens (tertiary/aromatic N) is 4. The zero-order chi connectivity index (χ0) is 28.9. The molecule has 41 heavy (non-hydrogen) atoms. The number of carboxylic acids is 1. The van der Waals surface area contributed by atoms with Crippen molar-refractivity contribution in [3.8, 4) is 16.8 Å². The van der Waals surface area contributed by atoms with Crippen molar-refractivity contribution in [2.75, 3.05) is 5.32 Å². The third-order valence-corrected chi connectivity index (χ3v) is 7.68. The van der Waals surface area contributed by atoms with Crippen molar-refractivity contribution in [1.29, 1.82) is 0 Å². The number of alkyl halides is 3. The second kappa shape index (κ2) is 9.93. The summed E-state index contributed by atoms with van der Waals surface area (Å²) in [6.07, 6.45) is -1.30. The van der Waals surface area contributed by atoms with Crippen molar-refractivity contribution in [3.05, 3.63) is 99.4 Å². The highest BCUT2D eigenvalue weighted by Crippen LogP contribution is 2.47. The minimum atomic E-state index is -4.72. The van der Waals surface area contributed by atoms with Crippen LogP contribution in [-0.4, -0.2) is 36.7 Å². The van der Waals surface area contributed by atoms with E-state index < -0.39 is 33.6 Å². The highest BCUT2D eigenvalue weighted by atomic mass is 32.1. The van der Waals surface area contributed by atoms with Gasteiger partial charge in [0.15, 0.2) is 0 Å². The number of rotatable bonds is 6. The normalized spacial score (nSPS) is 16.5. The summed E-state index contributed by atoms with van der Waals surface area (Å²) < 4.78 is 40.3. The third-order valence-electron chi connectivity index (χ3n) is 6.80. The van der Waals surface area contributed by atoms with Crippen LogP contribution in [0.4, 0.5) is 18.3 Å². The number of carbonyl (C=O) groups is 2. The summed E-state index contributed by atoms with van der Waals surface area (Å²) >= 11 is 0.151. The maximum absolute atomic E-state index is 13.2. The number of pyridine rings is 2. The molecule has 3 heterocycles. The van der Waals surface area contributed by atoms with Crippen LogP contribution in [0.1, 0.15) is 33.3 Å². The van der Waals surface area contributed by atoms with Gasteiger partial charge in [-0.1, -0.05) is 47.7 Å². The molecular weight excluding hydrogens is 559 g/mol. The molecule has 13 heteroatoms. The number of nitrogens with one attached hydrogen (secondary N) is 1. The molecule has 0 aliphatic heterocycles. The molecule has 0 radical (unpaired) electrons. The van der Waals surface area contributed by atoms with Crippen molar-refractivity contribution in [3.63, 3.8) is 0 Å². The van der Waals surface area contributed by atoms with Gasteiger partial charge < -0.3 is 9.67 Å². The van der Waals surface area contributed by atoms with Gasteiger partial charge in [-0.05, 0) is 53.3 Å². The molecule has 3 aromatic heterocycles. The van der Waals surface area contributed by atoms with E-state index in [4.69, 9.17) is 0 Å². The van der Waals surface area contributed by atoms with Gasteiger partial charge in [0, 0.05) is 18.1 Å². The smallest absolute Gasteiger partial charge is 0.445 e. The van der Waals surface area contributed by atoms with Crippen molar-refractivity contribution in [2.45, 2.75) is 18.5 Å². The monoisotopic (exact) mass is 577 g/mol. The number of carbonyl (C=O) groups excluding carboxylic acids is 1. The second-order valence-corrected chi connectivity index (χ2v) is 10.4. The molecule has 2 atom stereocenters. The summed E-state index contributed by atoms with van der Waals surface area (Å²) in [4.78, 5) is 41.8. The molecule has 1 aliphatic rings. The lowest BCUT2D eigenvalue weighted by atomic mass is 10.0. The number of aromatic nitrogens is 4. The van der Waals surface area contributed by atoms with E-state index in [9.17, 15) is 32.7 Å². The van der Waals surface area contributed by atoms with Gasteiger partial charge in [-0.2, -0.15) is 13.2 Å². The number of amides is 1. The lowest BCUT2D eigenvalue weighted by molar-refractivity contribution is -0.139. The van der Waals surface area contributed by atoms with Crippen LogP contribution < -0.4 is 10.7 Å². The van der Waals surface area contributed by atoms with E-state index >= 15 is 0 Å². The fourth-order valence-electron chi connectivity index (χ4n) is 4.67. The van der Waals surface area contributed by atoms with E-state index in [1.54, 1.807) is 22.8 Å². The van der Waals surface area contributed by atoms with E-state index in [1.807, 2.05) is 36.4 Å². The Kier molecular flexibility index (Phi) is 6.37. The lowest BCUT2D eigenvalue weighted by Gasteiger charge is -2.14. The van der Waals surface area contributed by atoms with E-state index in [-0.39, 0.29) is 39.8 Å². The molecule has 5 aromatic rings. The van der Waals surface area contributed by atoms with Crippen molar-refractivity contribution in [2.24, 2.45) is 5.92 Å². The zero-order valence-corrected chi connectivity index (χ0v) is 21.6. The van der Waals surface area contributed by atoms with Crippen molar-refractivity contribution < 1.29 is 27.9 Å². The first-order chi connectivity index (χ1) is 19.6. The Hall–Kier alpha value is -4.91. The molecule has 1 saturated carbocycles. The van der Waals surface area contributed by atoms with Crippen molar-refractivity contribution >= 4 is 39.4 Å². The molecule has 0 bridgehead atoms. The predicted octanol–water partition coefficient (Wildman–Crippen LogP) is 5.36. The van der Waals surface area contributed by atoms with Crippen LogP contribution in [0.2, 0.25) is 0 Å². The molecule has 0 saturated heterocycles. The molecule has 1 aliphatic carbocycles. The quantitative estimate of drug-likeness (QED) is 0.278. The Labute approximate surface area is 232 Å². The number of hydrogen-bond acceptors (Lipinski definition) is 7. The Morgan fingerprint density at radius 3 is 2.49 bits per heavy atom. The fraction of sp³-hybridized carbons (Fsp3) is 0.143. The molecule has 9 nitrogen and oxygen atoms in total. The van der Waals surface area contributed by atoms with Gasteiger partial charge in [-0.15, -0.1) is 10.2 Å². The van der Waals surface area contributed by atoms with Crippen molar-refractivity contribution in [1.82, 2.24) is 19.7 Å². The Morgan fingerprint density at radius 2 is 1.80 bits per heavy atom. The topological polar surface area (TPSA) is 127 Å². The number of benzene rings is 2. The Bertz CT molecular complexity index is 1880. The summed E-state index contributed by atoms with van der Waals surface area (Å²) in [7, 11) is 0. The maximum Gasteiger partial charge on any atom is 0.445 e. The number of halogens is 3. The predicted molar refractivity (Wildman–Crippen MR) is 144 cm³/mol. The largest absolute Gasteiger partial charge is 0.481 e. The number of anilines is 1. The van der Waals surface area contributed by atoms with E-state index in [0.29, 0.717) is 12.1 Å². The molecule has 6 rings (SSSR count). The second-order valence-electron chi connectivity index (χ2n) is 9.44. The summed E-state index contributed by atoms with van der Waals surface area (Å²) in [6.45, 7) is 0. The summed E-state index contributed by atoms with van der Waals surface area (Å²) in [5.41, 5.74) is 2.55. The number of aliphatic carboxylic acids is 1. The van der Waals surface area contributed by atoms with Crippen LogP contribution in [0.3, 0.4) is 0 Å². The molecule has 2 N–H and O–H groups in total. The van der Waals surface area contributed by atoms with Gasteiger partial charge in [0.25, 0.3) is 5.91 Å². The van der Waals surface area contributed by atoms with Crippen LogP contribution >= 0.6 is 11.3 Å². The van der Waals surface area contributed by atoms with E-state index in [2.05, 4.69) is 20.5 Å². The highest BCUT2D eigenvalue weighted by molar-refractivity contribution is 7.15. The summed E-state index contributed by atoms with van der Waals surface area (Å²) in [5.74, 6) is -2.08. The molecule has 2 aromatic carbocycles. The van der Waals surface area contributed by atoms with Gasteiger partial charge in [-0.3, -0.25) is 19.7 Å². The average Bonchev–Trinajstić information content (AvgIpc) is 3.63. The SMILES string of the molecule is O=C(Nc1nnc(C(F)(F)F)s1)c1cn(-c2cccc(-c3ccc(C4C[C@H]4C(=O)O)cc3)c2)c2ncccc2c1=O. The standard InChI is InChI=1S/C28H18F3N5O4S/c29-28(30,31)26-34-35-27(41-26)33-24(38)21-13-36(23-18(22(21)37)5-2-10-32-23)17-4-1-3-16(11-17)14-6-8-15(9-7-14)19-12-20(19)25(39)40/h1-11,13,19-20H,12H2,(H,39,40)(H,33,35,38)/t19?,20-/m1/s1. The molecular formula is C28H18F3N5O4S. The third kappa shape index (κ3) is 5.07.